The van der Waals surface area contributed by atoms with E-state index in [4.69, 9.17) is 9.47 Å². The SMILES string of the molecule is Cc1ccc(C#Cc2ccc3cc4ccc(OCc5ccccc5)c(OCc5ccccc5)c4cc3c2)cc1F. The van der Waals surface area contributed by atoms with Crippen LogP contribution in [0.5, 0.6) is 11.5 Å². The first-order valence-electron chi connectivity index (χ1n) is 13.2. The fourth-order valence-corrected chi connectivity index (χ4v) is 4.64. The van der Waals surface area contributed by atoms with Gasteiger partial charge in [0.05, 0.1) is 0 Å². The average molecular weight is 523 g/mol. The lowest BCUT2D eigenvalue weighted by Gasteiger charge is -2.16. The maximum atomic E-state index is 14.0. The van der Waals surface area contributed by atoms with Crippen LogP contribution in [0.4, 0.5) is 4.39 Å². The highest BCUT2D eigenvalue weighted by molar-refractivity contribution is 6.02. The zero-order valence-corrected chi connectivity index (χ0v) is 22.2. The van der Waals surface area contributed by atoms with Crippen LogP contribution in [0.15, 0.2) is 121 Å². The van der Waals surface area contributed by atoms with E-state index < -0.39 is 0 Å². The second kappa shape index (κ2) is 11.4. The van der Waals surface area contributed by atoms with Gasteiger partial charge in [-0.15, -0.1) is 0 Å². The van der Waals surface area contributed by atoms with Crippen molar-refractivity contribution in [2.45, 2.75) is 20.1 Å². The summed E-state index contributed by atoms with van der Waals surface area (Å²) in [6.45, 7) is 2.62. The summed E-state index contributed by atoms with van der Waals surface area (Å²) < 4.78 is 26.7. The van der Waals surface area contributed by atoms with E-state index in [9.17, 15) is 4.39 Å². The molecule has 0 unspecified atom stereocenters. The number of hydrogen-bond donors (Lipinski definition) is 0. The molecule has 0 bridgehead atoms. The Bertz CT molecular complexity index is 1870. The Labute approximate surface area is 233 Å². The highest BCUT2D eigenvalue weighted by atomic mass is 19.1. The molecule has 0 atom stereocenters. The van der Waals surface area contributed by atoms with E-state index in [2.05, 4.69) is 54.3 Å². The number of benzene rings is 6. The van der Waals surface area contributed by atoms with Crippen LogP contribution in [0.25, 0.3) is 21.5 Å². The van der Waals surface area contributed by atoms with Crippen molar-refractivity contribution in [3.63, 3.8) is 0 Å². The molecule has 0 amide bonds. The molecule has 40 heavy (non-hydrogen) atoms. The highest BCUT2D eigenvalue weighted by Gasteiger charge is 2.13. The van der Waals surface area contributed by atoms with Gasteiger partial charge in [0.25, 0.3) is 0 Å². The van der Waals surface area contributed by atoms with Crippen molar-refractivity contribution >= 4 is 21.5 Å². The molecule has 3 heteroatoms. The third-order valence-electron chi connectivity index (χ3n) is 6.88. The van der Waals surface area contributed by atoms with Crippen LogP contribution in [-0.4, -0.2) is 0 Å². The summed E-state index contributed by atoms with van der Waals surface area (Å²) in [7, 11) is 0. The standard InChI is InChI=1S/C37H27FO2/c1-26-12-13-28(21-35(26)38)15-14-27-16-17-31-22-32-18-19-36(39-24-29-8-4-2-5-9-29)37(34(32)23-33(31)20-27)40-25-30-10-6-3-7-11-30/h2-13,16-23H,24-25H2,1H3. The molecule has 6 aromatic rings. The quantitative estimate of drug-likeness (QED) is 0.161. The Morgan fingerprint density at radius 2 is 1.20 bits per heavy atom. The van der Waals surface area contributed by atoms with E-state index in [1.807, 2.05) is 66.7 Å². The minimum absolute atomic E-state index is 0.245. The predicted molar refractivity (Wildman–Crippen MR) is 160 cm³/mol. The molecule has 0 aliphatic heterocycles. The first-order valence-corrected chi connectivity index (χ1v) is 13.2. The summed E-state index contributed by atoms with van der Waals surface area (Å²) in [5.41, 5.74) is 4.29. The lowest BCUT2D eigenvalue weighted by molar-refractivity contribution is 0.259. The number of rotatable bonds is 6. The Hall–Kier alpha value is -5.07. The number of fused-ring (bicyclic) bond motifs is 2. The summed E-state index contributed by atoms with van der Waals surface area (Å²) in [6.07, 6.45) is 0. The van der Waals surface area contributed by atoms with Crippen LogP contribution in [0.2, 0.25) is 0 Å². The van der Waals surface area contributed by atoms with E-state index in [-0.39, 0.29) is 5.82 Å². The molecule has 0 N–H and O–H groups in total. The van der Waals surface area contributed by atoms with Gasteiger partial charge in [0, 0.05) is 16.5 Å². The molecule has 2 nitrogen and oxygen atoms in total. The van der Waals surface area contributed by atoms with Crippen molar-refractivity contribution < 1.29 is 13.9 Å². The number of aryl methyl sites for hydroxylation is 1. The molecule has 0 heterocycles. The molecule has 0 fully saturated rings. The Morgan fingerprint density at radius 3 is 1.90 bits per heavy atom. The first-order chi connectivity index (χ1) is 19.6. The van der Waals surface area contributed by atoms with Crippen LogP contribution >= 0.6 is 0 Å². The van der Waals surface area contributed by atoms with Crippen LogP contribution in [0, 0.1) is 24.6 Å². The van der Waals surface area contributed by atoms with Gasteiger partial charge in [-0.3, -0.25) is 0 Å². The normalized spacial score (nSPS) is 10.8. The van der Waals surface area contributed by atoms with Crippen LogP contribution in [0.1, 0.15) is 27.8 Å². The van der Waals surface area contributed by atoms with E-state index >= 15 is 0 Å². The fourth-order valence-electron chi connectivity index (χ4n) is 4.64. The van der Waals surface area contributed by atoms with Gasteiger partial charge in [-0.1, -0.05) is 90.7 Å². The largest absolute Gasteiger partial charge is 0.485 e. The van der Waals surface area contributed by atoms with E-state index in [0.717, 1.165) is 38.2 Å². The Balaban J connectivity index is 1.38. The monoisotopic (exact) mass is 522 g/mol. The second-order valence-corrected chi connectivity index (χ2v) is 9.79. The number of halogens is 1. The number of ether oxygens (including phenoxy) is 2. The maximum Gasteiger partial charge on any atom is 0.169 e. The van der Waals surface area contributed by atoms with E-state index in [1.165, 1.54) is 6.07 Å². The van der Waals surface area contributed by atoms with Gasteiger partial charge in [0.15, 0.2) is 11.5 Å². The van der Waals surface area contributed by atoms with Crippen molar-refractivity contribution in [1.82, 2.24) is 0 Å². The predicted octanol–water partition coefficient (Wildman–Crippen LogP) is 9.00. The Kier molecular flexibility index (Phi) is 7.16. The molecule has 0 saturated carbocycles. The molecular formula is C37H27FO2. The first kappa shape index (κ1) is 25.2. The topological polar surface area (TPSA) is 18.5 Å². The third kappa shape index (κ3) is 5.67. The van der Waals surface area contributed by atoms with Crippen molar-refractivity contribution in [3.05, 3.63) is 155 Å². The van der Waals surface area contributed by atoms with Crippen LogP contribution in [-0.2, 0) is 13.2 Å². The molecule has 0 radical (unpaired) electrons. The molecule has 0 spiro atoms. The van der Waals surface area contributed by atoms with Gasteiger partial charge in [-0.25, -0.2) is 4.39 Å². The van der Waals surface area contributed by atoms with Crippen LogP contribution < -0.4 is 9.47 Å². The van der Waals surface area contributed by atoms with E-state index in [1.54, 1.807) is 13.0 Å². The average Bonchev–Trinajstić information content (AvgIpc) is 2.99. The molecule has 0 aliphatic carbocycles. The zero-order chi connectivity index (χ0) is 27.3. The van der Waals surface area contributed by atoms with Crippen molar-refractivity contribution in [3.8, 4) is 23.3 Å². The number of hydrogen-bond acceptors (Lipinski definition) is 2. The highest BCUT2D eigenvalue weighted by Crippen LogP contribution is 2.39. The smallest absolute Gasteiger partial charge is 0.169 e. The Morgan fingerprint density at radius 1 is 0.575 bits per heavy atom. The summed E-state index contributed by atoms with van der Waals surface area (Å²) in [4.78, 5) is 0. The molecule has 6 aromatic carbocycles. The van der Waals surface area contributed by atoms with Crippen molar-refractivity contribution in [2.75, 3.05) is 0 Å². The van der Waals surface area contributed by atoms with Crippen molar-refractivity contribution in [1.29, 1.82) is 0 Å². The molecule has 0 saturated heterocycles. The molecule has 6 rings (SSSR count). The minimum atomic E-state index is -0.245. The second-order valence-electron chi connectivity index (χ2n) is 9.79. The van der Waals surface area contributed by atoms with Gasteiger partial charge >= 0.3 is 0 Å². The summed E-state index contributed by atoms with van der Waals surface area (Å²) in [5.74, 6) is 7.44. The van der Waals surface area contributed by atoms with Gasteiger partial charge < -0.3 is 9.47 Å². The molecular weight excluding hydrogens is 495 g/mol. The zero-order valence-electron chi connectivity index (χ0n) is 22.2. The van der Waals surface area contributed by atoms with Gasteiger partial charge in [-0.2, -0.15) is 0 Å². The lowest BCUT2D eigenvalue weighted by atomic mass is 10.0. The summed E-state index contributed by atoms with van der Waals surface area (Å²) in [6, 6.07) is 39.8. The fraction of sp³-hybridized carbons (Fsp3) is 0.0811. The minimum Gasteiger partial charge on any atom is -0.485 e. The van der Waals surface area contributed by atoms with Gasteiger partial charge in [0.1, 0.15) is 19.0 Å². The van der Waals surface area contributed by atoms with Gasteiger partial charge in [-0.05, 0) is 82.2 Å². The molecule has 194 valence electrons. The maximum absolute atomic E-state index is 14.0. The molecule has 0 aliphatic rings. The van der Waals surface area contributed by atoms with Crippen LogP contribution in [0.3, 0.4) is 0 Å². The van der Waals surface area contributed by atoms with Crippen molar-refractivity contribution in [2.24, 2.45) is 0 Å². The summed E-state index contributed by atoms with van der Waals surface area (Å²) >= 11 is 0. The van der Waals surface area contributed by atoms with E-state index in [0.29, 0.717) is 35.8 Å². The lowest BCUT2D eigenvalue weighted by Crippen LogP contribution is -2.01. The third-order valence-corrected chi connectivity index (χ3v) is 6.88. The van der Waals surface area contributed by atoms with Gasteiger partial charge in [0.2, 0.25) is 0 Å². The summed E-state index contributed by atoms with van der Waals surface area (Å²) in [5, 5.41) is 4.18. The molecule has 0 aromatic heterocycles.